The van der Waals surface area contributed by atoms with Crippen molar-refractivity contribution in [2.24, 2.45) is 11.8 Å². The Hall–Kier alpha value is -1.56. The lowest BCUT2D eigenvalue weighted by atomic mass is 9.73. The molecule has 0 saturated heterocycles. The maximum absolute atomic E-state index is 2.29. The lowest BCUT2D eigenvalue weighted by Gasteiger charge is -2.32. The van der Waals surface area contributed by atoms with Gasteiger partial charge in [0.2, 0.25) is 0 Å². The fourth-order valence-electron chi connectivity index (χ4n) is 3.66. The number of hydrogen-bond acceptors (Lipinski definition) is 0. The van der Waals surface area contributed by atoms with Crippen molar-refractivity contribution in [2.45, 2.75) is 38.5 Å². The summed E-state index contributed by atoms with van der Waals surface area (Å²) >= 11 is 0. The van der Waals surface area contributed by atoms with Gasteiger partial charge in [-0.25, -0.2) is 0 Å². The number of benzene rings is 2. The summed E-state index contributed by atoms with van der Waals surface area (Å²) in [4.78, 5) is 0. The van der Waals surface area contributed by atoms with E-state index in [0.717, 1.165) is 11.8 Å². The smallest absolute Gasteiger partial charge is 0.0248 e. The van der Waals surface area contributed by atoms with Crippen LogP contribution in [0.1, 0.15) is 36.8 Å². The Kier molecular flexibility index (Phi) is 4.53. The molecule has 0 spiro atoms. The van der Waals surface area contributed by atoms with Crippen LogP contribution in [0.5, 0.6) is 0 Å². The maximum Gasteiger partial charge on any atom is -0.0248 e. The van der Waals surface area contributed by atoms with Crippen molar-refractivity contribution in [1.29, 1.82) is 0 Å². The van der Waals surface area contributed by atoms with Crippen LogP contribution in [-0.4, -0.2) is 0 Å². The molecule has 2 atom stereocenters. The Morgan fingerprint density at radius 1 is 0.600 bits per heavy atom. The van der Waals surface area contributed by atoms with Gasteiger partial charge in [-0.1, -0.05) is 73.5 Å². The average Bonchev–Trinajstić information content (AvgIpc) is 2.51. The summed E-state index contributed by atoms with van der Waals surface area (Å²) in [6, 6.07) is 22.1. The zero-order valence-corrected chi connectivity index (χ0v) is 12.2. The van der Waals surface area contributed by atoms with Crippen molar-refractivity contribution in [3.63, 3.8) is 0 Å². The number of hydrogen-bond donors (Lipinski definition) is 0. The predicted molar refractivity (Wildman–Crippen MR) is 85.7 cm³/mol. The van der Waals surface area contributed by atoms with Crippen molar-refractivity contribution in [2.75, 3.05) is 0 Å². The van der Waals surface area contributed by atoms with E-state index in [1.165, 1.54) is 49.7 Å². The van der Waals surface area contributed by atoms with E-state index in [1.54, 1.807) is 0 Å². The highest BCUT2D eigenvalue weighted by Crippen LogP contribution is 2.34. The van der Waals surface area contributed by atoms with Crippen LogP contribution in [-0.2, 0) is 12.8 Å². The largest absolute Gasteiger partial charge is 0.0622 e. The molecule has 0 heteroatoms. The third-order valence-electron chi connectivity index (χ3n) is 4.75. The van der Waals surface area contributed by atoms with Crippen molar-refractivity contribution >= 4 is 0 Å². The molecular formula is C20H24. The molecule has 0 amide bonds. The standard InChI is InChI=1S/C20H24/c1-3-9-17(10-4-1)15-19-13-7-8-14-20(19)16-18-11-5-2-6-12-18/h1-6,9-12,19-20H,7-8,13-16H2. The Balaban J connectivity index is 1.68. The van der Waals surface area contributed by atoms with Crippen molar-refractivity contribution < 1.29 is 0 Å². The maximum atomic E-state index is 2.29. The van der Waals surface area contributed by atoms with Crippen LogP contribution in [0.4, 0.5) is 0 Å². The SMILES string of the molecule is c1ccc(CC2CCCCC2Cc2ccccc2)cc1. The monoisotopic (exact) mass is 264 g/mol. The average molecular weight is 264 g/mol. The molecule has 1 fully saturated rings. The molecule has 2 unspecified atom stereocenters. The molecule has 104 valence electrons. The highest BCUT2D eigenvalue weighted by Gasteiger charge is 2.25. The van der Waals surface area contributed by atoms with Gasteiger partial charge in [-0.2, -0.15) is 0 Å². The van der Waals surface area contributed by atoms with Gasteiger partial charge < -0.3 is 0 Å². The Bertz CT molecular complexity index is 451. The Labute approximate surface area is 122 Å². The number of rotatable bonds is 4. The Morgan fingerprint density at radius 2 is 1.00 bits per heavy atom. The molecule has 0 nitrogen and oxygen atoms in total. The second-order valence-corrected chi connectivity index (χ2v) is 6.18. The van der Waals surface area contributed by atoms with E-state index >= 15 is 0 Å². The molecule has 0 aliphatic heterocycles. The van der Waals surface area contributed by atoms with Crippen LogP contribution in [0.15, 0.2) is 60.7 Å². The lowest BCUT2D eigenvalue weighted by Crippen LogP contribution is -2.23. The zero-order chi connectivity index (χ0) is 13.6. The molecule has 1 aliphatic carbocycles. The van der Waals surface area contributed by atoms with Crippen molar-refractivity contribution in [1.82, 2.24) is 0 Å². The third kappa shape index (κ3) is 3.50. The van der Waals surface area contributed by atoms with Crippen LogP contribution in [0.2, 0.25) is 0 Å². The van der Waals surface area contributed by atoms with Crippen LogP contribution in [0.3, 0.4) is 0 Å². The van der Waals surface area contributed by atoms with Crippen molar-refractivity contribution in [3.05, 3.63) is 71.8 Å². The van der Waals surface area contributed by atoms with E-state index in [0.29, 0.717) is 0 Å². The first-order chi connectivity index (χ1) is 9.92. The molecule has 0 heterocycles. The molecular weight excluding hydrogens is 240 g/mol. The topological polar surface area (TPSA) is 0 Å². The van der Waals surface area contributed by atoms with E-state index < -0.39 is 0 Å². The second kappa shape index (κ2) is 6.74. The molecule has 1 aliphatic rings. The van der Waals surface area contributed by atoms with Gasteiger partial charge in [0.05, 0.1) is 0 Å². The molecule has 0 aromatic heterocycles. The zero-order valence-electron chi connectivity index (χ0n) is 12.2. The van der Waals surface area contributed by atoms with Gasteiger partial charge in [-0.05, 0) is 48.6 Å². The predicted octanol–water partition coefficient (Wildman–Crippen LogP) is 5.28. The first-order valence-electron chi connectivity index (χ1n) is 7.99. The van der Waals surface area contributed by atoms with E-state index in [2.05, 4.69) is 60.7 Å². The molecule has 2 aromatic rings. The molecule has 0 N–H and O–H groups in total. The lowest BCUT2D eigenvalue weighted by molar-refractivity contribution is 0.234. The Morgan fingerprint density at radius 3 is 1.40 bits per heavy atom. The van der Waals surface area contributed by atoms with E-state index in [-0.39, 0.29) is 0 Å². The van der Waals surface area contributed by atoms with Gasteiger partial charge in [-0.3, -0.25) is 0 Å². The van der Waals surface area contributed by atoms with Gasteiger partial charge in [-0.15, -0.1) is 0 Å². The molecule has 0 radical (unpaired) electrons. The summed E-state index contributed by atoms with van der Waals surface area (Å²) in [5.74, 6) is 1.73. The quantitative estimate of drug-likeness (QED) is 0.705. The normalized spacial score (nSPS) is 22.6. The minimum absolute atomic E-state index is 0.867. The van der Waals surface area contributed by atoms with Crippen LogP contribution in [0, 0.1) is 11.8 Å². The summed E-state index contributed by atoms with van der Waals surface area (Å²) in [7, 11) is 0. The van der Waals surface area contributed by atoms with Gasteiger partial charge in [0.1, 0.15) is 0 Å². The molecule has 1 saturated carbocycles. The summed E-state index contributed by atoms with van der Waals surface area (Å²) in [5, 5.41) is 0. The minimum atomic E-state index is 0.867. The minimum Gasteiger partial charge on any atom is -0.0622 e. The molecule has 3 rings (SSSR count). The van der Waals surface area contributed by atoms with E-state index in [9.17, 15) is 0 Å². The van der Waals surface area contributed by atoms with Gasteiger partial charge in [0.25, 0.3) is 0 Å². The summed E-state index contributed by atoms with van der Waals surface area (Å²) in [6.07, 6.45) is 8.18. The van der Waals surface area contributed by atoms with Gasteiger partial charge >= 0.3 is 0 Å². The van der Waals surface area contributed by atoms with E-state index in [1.807, 2.05) is 0 Å². The van der Waals surface area contributed by atoms with Crippen molar-refractivity contribution in [3.8, 4) is 0 Å². The van der Waals surface area contributed by atoms with Crippen LogP contribution < -0.4 is 0 Å². The van der Waals surface area contributed by atoms with Gasteiger partial charge in [0, 0.05) is 0 Å². The molecule has 0 bridgehead atoms. The third-order valence-corrected chi connectivity index (χ3v) is 4.75. The molecule has 2 aromatic carbocycles. The second-order valence-electron chi connectivity index (χ2n) is 6.18. The first-order valence-corrected chi connectivity index (χ1v) is 7.99. The fourth-order valence-corrected chi connectivity index (χ4v) is 3.66. The summed E-state index contributed by atoms with van der Waals surface area (Å²) < 4.78 is 0. The van der Waals surface area contributed by atoms with Crippen LogP contribution in [0.25, 0.3) is 0 Å². The first kappa shape index (κ1) is 13.4. The van der Waals surface area contributed by atoms with Gasteiger partial charge in [0.15, 0.2) is 0 Å². The summed E-state index contributed by atoms with van der Waals surface area (Å²) in [6.45, 7) is 0. The summed E-state index contributed by atoms with van der Waals surface area (Å²) in [5.41, 5.74) is 3.02. The highest BCUT2D eigenvalue weighted by molar-refractivity contribution is 5.18. The highest BCUT2D eigenvalue weighted by atomic mass is 14.3. The van der Waals surface area contributed by atoms with E-state index in [4.69, 9.17) is 0 Å². The molecule has 20 heavy (non-hydrogen) atoms. The fraction of sp³-hybridized carbons (Fsp3) is 0.400. The van der Waals surface area contributed by atoms with Crippen LogP contribution >= 0.6 is 0 Å².